The average Bonchev–Trinajstić information content (AvgIpc) is 3.05. The second-order valence-electron chi connectivity index (χ2n) is 6.68. The van der Waals surface area contributed by atoms with Crippen molar-refractivity contribution in [2.75, 3.05) is 7.11 Å². The number of thioether (sulfide) groups is 1. The zero-order valence-electron chi connectivity index (χ0n) is 16.6. The number of methoxy groups -OCH3 is 1. The van der Waals surface area contributed by atoms with Gasteiger partial charge in [0.15, 0.2) is 0 Å². The van der Waals surface area contributed by atoms with Crippen LogP contribution in [0.2, 0.25) is 0 Å². The van der Waals surface area contributed by atoms with Gasteiger partial charge in [-0.3, -0.25) is 9.59 Å². The summed E-state index contributed by atoms with van der Waals surface area (Å²) < 4.78 is 51.2. The zero-order valence-corrected chi connectivity index (χ0v) is 18.2. The molecule has 1 aliphatic heterocycles. The van der Waals surface area contributed by atoms with Crippen LogP contribution in [-0.2, 0) is 26.9 Å². The van der Waals surface area contributed by atoms with Gasteiger partial charge in [-0.25, -0.2) is 0 Å². The van der Waals surface area contributed by atoms with E-state index < -0.39 is 29.7 Å². The third-order valence-electron chi connectivity index (χ3n) is 4.38. The molecule has 32 heavy (non-hydrogen) atoms. The Morgan fingerprint density at radius 3 is 2.44 bits per heavy atom. The first-order chi connectivity index (χ1) is 15.1. The zero-order chi connectivity index (χ0) is 23.5. The summed E-state index contributed by atoms with van der Waals surface area (Å²) in [6.45, 7) is 0. The Balaban J connectivity index is 1.80. The molecule has 1 amide bonds. The van der Waals surface area contributed by atoms with Crippen LogP contribution in [0.25, 0.3) is 6.08 Å². The summed E-state index contributed by atoms with van der Waals surface area (Å²) in [4.78, 5) is 23.3. The van der Waals surface area contributed by atoms with Gasteiger partial charge >= 0.3 is 12.1 Å². The van der Waals surface area contributed by atoms with Crippen molar-refractivity contribution in [2.24, 2.45) is 5.73 Å². The van der Waals surface area contributed by atoms with Gasteiger partial charge in [0.2, 0.25) is 0 Å². The smallest absolute Gasteiger partial charge is 0.417 e. The van der Waals surface area contributed by atoms with Crippen molar-refractivity contribution in [2.45, 2.75) is 18.6 Å². The molecule has 0 bridgehead atoms. The van der Waals surface area contributed by atoms with Gasteiger partial charge in [-0.15, -0.1) is 0 Å². The minimum Gasteiger partial charge on any atom is -0.468 e. The van der Waals surface area contributed by atoms with Gasteiger partial charge in [-0.05, 0) is 47.9 Å². The van der Waals surface area contributed by atoms with Crippen LogP contribution in [0.3, 0.4) is 0 Å². The van der Waals surface area contributed by atoms with Crippen molar-refractivity contribution < 1.29 is 32.2 Å². The summed E-state index contributed by atoms with van der Waals surface area (Å²) in [5.41, 5.74) is 5.32. The number of hydrogen-bond donors (Lipinski definition) is 2. The number of carbonyl (C=O) groups excluding carboxylic acids is 2. The summed E-state index contributed by atoms with van der Waals surface area (Å²) >= 11 is 5.76. The van der Waals surface area contributed by atoms with Gasteiger partial charge in [0, 0.05) is 0 Å². The number of alkyl halides is 3. The minimum absolute atomic E-state index is 0.0301. The van der Waals surface area contributed by atoms with Gasteiger partial charge in [0.05, 0.1) is 17.6 Å². The molecule has 168 valence electrons. The van der Waals surface area contributed by atoms with E-state index in [0.717, 1.165) is 29.5 Å². The Labute approximate surface area is 190 Å². The number of hydrogen-bond acceptors (Lipinski definition) is 7. The van der Waals surface area contributed by atoms with Gasteiger partial charge in [-0.1, -0.05) is 42.2 Å². The summed E-state index contributed by atoms with van der Waals surface area (Å²) in [6.07, 6.45) is -3.28. The Kier molecular flexibility index (Phi) is 7.22. The lowest BCUT2D eigenvalue weighted by atomic mass is 10.1. The summed E-state index contributed by atoms with van der Waals surface area (Å²) in [5, 5.41) is 2.36. The molecule has 3 rings (SSSR count). The Bertz CT molecular complexity index is 1090. The van der Waals surface area contributed by atoms with Gasteiger partial charge < -0.3 is 20.5 Å². The lowest BCUT2D eigenvalue weighted by Gasteiger charge is -2.14. The maximum atomic E-state index is 13.6. The van der Waals surface area contributed by atoms with Crippen LogP contribution >= 0.6 is 24.0 Å². The predicted molar refractivity (Wildman–Crippen MR) is 118 cm³/mol. The fraction of sp³-hybridized carbons (Fsp3) is 0.190. The van der Waals surface area contributed by atoms with Crippen molar-refractivity contribution in [3.63, 3.8) is 0 Å². The second kappa shape index (κ2) is 9.72. The van der Waals surface area contributed by atoms with E-state index in [1.54, 1.807) is 24.3 Å². The van der Waals surface area contributed by atoms with E-state index in [-0.39, 0.29) is 27.0 Å². The molecule has 11 heteroatoms. The number of esters is 1. The third-order valence-corrected chi connectivity index (χ3v) is 5.54. The number of nitrogens with one attached hydrogen (secondary N) is 1. The fourth-order valence-corrected chi connectivity index (χ4v) is 3.89. The second-order valence-corrected chi connectivity index (χ2v) is 8.40. The summed E-state index contributed by atoms with van der Waals surface area (Å²) in [6, 6.07) is 9.07. The lowest BCUT2D eigenvalue weighted by Crippen LogP contribution is -2.33. The molecule has 1 fully saturated rings. The fourth-order valence-electron chi connectivity index (χ4n) is 2.85. The topological polar surface area (TPSA) is 90.7 Å². The van der Waals surface area contributed by atoms with Crippen LogP contribution < -0.4 is 15.8 Å². The number of ether oxygens (including phenoxy) is 2. The van der Waals surface area contributed by atoms with Crippen molar-refractivity contribution >= 4 is 46.3 Å². The number of halogens is 3. The first kappa shape index (κ1) is 23.8. The maximum Gasteiger partial charge on any atom is 0.417 e. The molecule has 0 spiro atoms. The van der Waals surface area contributed by atoms with Gasteiger partial charge in [0.25, 0.3) is 5.91 Å². The van der Waals surface area contributed by atoms with Crippen LogP contribution in [-0.4, -0.2) is 29.3 Å². The van der Waals surface area contributed by atoms with Crippen molar-refractivity contribution in [3.8, 4) is 11.5 Å². The van der Waals surface area contributed by atoms with E-state index in [0.29, 0.717) is 5.75 Å². The molecule has 1 atom stereocenters. The predicted octanol–water partition coefficient (Wildman–Crippen LogP) is 4.03. The molecule has 0 aromatic heterocycles. The number of thiocarbonyl (C=S) groups is 1. The molecule has 0 radical (unpaired) electrons. The molecular formula is C21H17F3N2O4S2. The Morgan fingerprint density at radius 2 is 1.88 bits per heavy atom. The molecule has 1 aliphatic rings. The number of amides is 1. The van der Waals surface area contributed by atoms with Crippen LogP contribution in [0.15, 0.2) is 47.4 Å². The molecule has 1 saturated heterocycles. The molecule has 1 heterocycles. The number of benzene rings is 2. The molecule has 0 saturated carbocycles. The highest BCUT2D eigenvalue weighted by atomic mass is 32.2. The monoisotopic (exact) mass is 482 g/mol. The number of rotatable bonds is 6. The molecule has 0 unspecified atom stereocenters. The highest BCUT2D eigenvalue weighted by Crippen LogP contribution is 2.38. The minimum atomic E-state index is -4.67. The van der Waals surface area contributed by atoms with E-state index >= 15 is 0 Å². The Morgan fingerprint density at radius 1 is 1.22 bits per heavy atom. The SMILES string of the molecule is COC(=O)[C@@H](N)Cc1ccc(Oc2ccc(/C=C3\SC(=S)NC3=O)c(C(F)(F)F)c2)cc1. The van der Waals surface area contributed by atoms with Crippen LogP contribution in [0.4, 0.5) is 13.2 Å². The van der Waals surface area contributed by atoms with E-state index in [4.69, 9.17) is 22.7 Å². The maximum absolute atomic E-state index is 13.6. The van der Waals surface area contributed by atoms with Crippen molar-refractivity contribution in [3.05, 3.63) is 64.1 Å². The van der Waals surface area contributed by atoms with Gasteiger partial charge in [-0.2, -0.15) is 13.2 Å². The van der Waals surface area contributed by atoms with Crippen LogP contribution in [0.5, 0.6) is 11.5 Å². The van der Waals surface area contributed by atoms with E-state index in [1.165, 1.54) is 19.2 Å². The molecule has 0 aliphatic carbocycles. The highest BCUT2D eigenvalue weighted by Gasteiger charge is 2.34. The lowest BCUT2D eigenvalue weighted by molar-refractivity contribution is -0.142. The van der Waals surface area contributed by atoms with Crippen molar-refractivity contribution in [1.29, 1.82) is 0 Å². The number of nitrogens with two attached hydrogens (primary N) is 1. The van der Waals surface area contributed by atoms with E-state index in [2.05, 4.69) is 10.1 Å². The normalized spacial score (nSPS) is 16.1. The molecule has 3 N–H and O–H groups in total. The number of carbonyl (C=O) groups is 2. The molecule has 6 nitrogen and oxygen atoms in total. The first-order valence-corrected chi connectivity index (χ1v) is 10.4. The quantitative estimate of drug-likeness (QED) is 0.365. The van der Waals surface area contributed by atoms with E-state index in [1.807, 2.05) is 0 Å². The standard InChI is InChI=1S/C21H17F3N2O4S2/c1-29-19(28)16(25)8-11-2-5-13(6-3-11)30-14-7-4-12(15(10-14)21(22,23)24)9-17-18(27)26-20(31)32-17/h2-7,9-10,16H,8,25H2,1H3,(H,26,27,31)/b17-9-/t16-/m0/s1. The highest BCUT2D eigenvalue weighted by molar-refractivity contribution is 8.26. The van der Waals surface area contributed by atoms with E-state index in [9.17, 15) is 22.8 Å². The van der Waals surface area contributed by atoms with Gasteiger partial charge in [0.1, 0.15) is 21.9 Å². The molecule has 2 aromatic carbocycles. The molecular weight excluding hydrogens is 465 g/mol. The summed E-state index contributed by atoms with van der Waals surface area (Å²) in [5.74, 6) is -0.816. The van der Waals surface area contributed by atoms with Crippen molar-refractivity contribution in [1.82, 2.24) is 5.32 Å². The van der Waals surface area contributed by atoms with Crippen LogP contribution in [0.1, 0.15) is 16.7 Å². The molecule has 2 aromatic rings. The van der Waals surface area contributed by atoms with Crippen LogP contribution in [0, 0.1) is 0 Å². The third kappa shape index (κ3) is 5.87. The largest absolute Gasteiger partial charge is 0.468 e. The summed E-state index contributed by atoms with van der Waals surface area (Å²) in [7, 11) is 1.24. The average molecular weight is 483 g/mol. The first-order valence-electron chi connectivity index (χ1n) is 9.13. The Hall–Kier alpha value is -2.89.